The van der Waals surface area contributed by atoms with Gasteiger partial charge >= 0.3 is 0 Å². The molecular weight excluding hydrogens is 366 g/mol. The number of carbonyl (C=O) groups is 2. The molecule has 3 heterocycles. The van der Waals surface area contributed by atoms with E-state index in [1.165, 1.54) is 42.8 Å². The number of para-hydroxylation sites is 1. The van der Waals surface area contributed by atoms with Crippen molar-refractivity contribution in [2.24, 2.45) is 0 Å². The number of likely N-dealkylation sites (tertiary alicyclic amines) is 1. The molecule has 0 radical (unpaired) electrons. The second kappa shape index (κ2) is 8.03. The Morgan fingerprint density at radius 3 is 2.54 bits per heavy atom. The Labute approximate surface area is 162 Å². The van der Waals surface area contributed by atoms with E-state index in [1.807, 2.05) is 22.9 Å². The molecule has 0 aromatic heterocycles. The van der Waals surface area contributed by atoms with E-state index in [-0.39, 0.29) is 11.6 Å². The van der Waals surface area contributed by atoms with Crippen molar-refractivity contribution in [2.75, 3.05) is 19.6 Å². The zero-order valence-electron chi connectivity index (χ0n) is 14.5. The first-order chi connectivity index (χ1) is 12.7. The number of ketones is 2. The number of nitrogens with zero attached hydrogens (tertiary/aromatic N) is 1. The van der Waals surface area contributed by atoms with Crippen molar-refractivity contribution >= 4 is 35.1 Å². The monoisotopic (exact) mass is 387 g/mol. The molecule has 0 saturated carbocycles. The largest absolute Gasteiger partial charge is 0.481 e. The van der Waals surface area contributed by atoms with Crippen molar-refractivity contribution in [3.05, 3.63) is 50.5 Å². The van der Waals surface area contributed by atoms with E-state index < -0.39 is 6.10 Å². The van der Waals surface area contributed by atoms with Crippen LogP contribution in [0.1, 0.15) is 36.0 Å². The predicted molar refractivity (Wildman–Crippen MR) is 106 cm³/mol. The van der Waals surface area contributed by atoms with Crippen molar-refractivity contribution in [3.63, 3.8) is 0 Å². The maximum absolute atomic E-state index is 13.2. The smallest absolute Gasteiger partial charge is 0.208 e. The fourth-order valence-corrected chi connectivity index (χ4v) is 5.43. The number of ether oxygens (including phenoxy) is 1. The molecule has 4 nitrogen and oxygen atoms in total. The van der Waals surface area contributed by atoms with Crippen LogP contribution in [0.15, 0.2) is 44.9 Å². The van der Waals surface area contributed by atoms with E-state index in [4.69, 9.17) is 4.74 Å². The van der Waals surface area contributed by atoms with Crippen LogP contribution < -0.4 is 4.74 Å². The van der Waals surface area contributed by atoms with Crippen LogP contribution in [0.4, 0.5) is 0 Å². The molecule has 1 unspecified atom stereocenters. The molecule has 3 aliphatic heterocycles. The number of hydrogen-bond acceptors (Lipinski definition) is 6. The molecule has 26 heavy (non-hydrogen) atoms. The highest BCUT2D eigenvalue weighted by Gasteiger charge is 2.37. The highest BCUT2D eigenvalue weighted by Crippen LogP contribution is 2.43. The second-order valence-electron chi connectivity index (χ2n) is 6.66. The molecule has 0 N–H and O–H groups in total. The Balaban J connectivity index is 1.62. The number of carbonyl (C=O) groups excluding carboxylic acids is 2. The molecular formula is C20H21NO3S2. The van der Waals surface area contributed by atoms with Crippen LogP contribution in [0.25, 0.3) is 0 Å². The lowest BCUT2D eigenvalue weighted by atomic mass is 9.98. The summed E-state index contributed by atoms with van der Waals surface area (Å²) >= 11 is 2.89. The van der Waals surface area contributed by atoms with Crippen LogP contribution >= 0.6 is 23.5 Å². The molecule has 0 amide bonds. The average Bonchev–Trinajstić information content (AvgIpc) is 3.17. The minimum Gasteiger partial charge on any atom is -0.481 e. The summed E-state index contributed by atoms with van der Waals surface area (Å²) in [6, 6.07) is 7.19. The Hall–Kier alpha value is -1.50. The third-order valence-electron chi connectivity index (χ3n) is 4.93. The minimum absolute atomic E-state index is 0.179. The molecule has 3 aliphatic rings. The molecule has 1 aromatic carbocycles. The van der Waals surface area contributed by atoms with Crippen molar-refractivity contribution in [2.45, 2.75) is 31.8 Å². The first-order valence-electron chi connectivity index (χ1n) is 9.03. The van der Waals surface area contributed by atoms with E-state index >= 15 is 0 Å². The van der Waals surface area contributed by atoms with Gasteiger partial charge in [-0.25, -0.2) is 0 Å². The second-order valence-corrected chi connectivity index (χ2v) is 8.75. The lowest BCUT2D eigenvalue weighted by Crippen LogP contribution is -2.36. The standard InChI is InChI=1S/C20H21NO3S2/c22-18-14-6-2-3-7-15(14)24-16(8-11-21-9-4-1-5-10-21)19(23)17(18)20-25-12-13-26-20/h2-3,6-7,12-13,16H,1,4-5,8-11H2. The number of Topliss-reactive ketones (excluding diaryl/α,β-unsaturated/α-hetero) is 2. The van der Waals surface area contributed by atoms with Gasteiger partial charge in [-0.05, 0) is 48.9 Å². The first kappa shape index (κ1) is 17.9. The van der Waals surface area contributed by atoms with Crippen LogP contribution in [0.5, 0.6) is 5.75 Å². The summed E-state index contributed by atoms with van der Waals surface area (Å²) in [6.07, 6.45) is 3.73. The number of fused-ring (bicyclic) bond motifs is 1. The van der Waals surface area contributed by atoms with E-state index in [1.54, 1.807) is 12.1 Å². The number of hydrogen-bond donors (Lipinski definition) is 0. The highest BCUT2D eigenvalue weighted by atomic mass is 32.2. The van der Waals surface area contributed by atoms with Gasteiger partial charge in [-0.2, -0.15) is 0 Å². The first-order valence-corrected chi connectivity index (χ1v) is 10.8. The van der Waals surface area contributed by atoms with Gasteiger partial charge < -0.3 is 9.64 Å². The van der Waals surface area contributed by atoms with Gasteiger partial charge in [0.15, 0.2) is 6.10 Å². The Kier molecular flexibility index (Phi) is 5.52. The van der Waals surface area contributed by atoms with Crippen molar-refractivity contribution in [3.8, 4) is 5.75 Å². The van der Waals surface area contributed by atoms with Gasteiger partial charge in [0.1, 0.15) is 5.75 Å². The Morgan fingerprint density at radius 2 is 1.77 bits per heavy atom. The van der Waals surface area contributed by atoms with Crippen molar-refractivity contribution in [1.82, 2.24) is 4.90 Å². The maximum atomic E-state index is 13.2. The topological polar surface area (TPSA) is 46.6 Å². The quantitative estimate of drug-likeness (QED) is 0.571. The zero-order valence-corrected chi connectivity index (χ0v) is 16.1. The number of benzene rings is 1. The normalized spacial score (nSPS) is 23.8. The van der Waals surface area contributed by atoms with Gasteiger partial charge in [0.05, 0.1) is 15.4 Å². The Morgan fingerprint density at radius 1 is 1.04 bits per heavy atom. The van der Waals surface area contributed by atoms with Gasteiger partial charge in [-0.15, -0.1) is 0 Å². The zero-order chi connectivity index (χ0) is 17.9. The third-order valence-corrected chi connectivity index (χ3v) is 7.06. The van der Waals surface area contributed by atoms with Crippen LogP contribution in [-0.2, 0) is 4.79 Å². The molecule has 0 aliphatic carbocycles. The van der Waals surface area contributed by atoms with Gasteiger partial charge in [0.2, 0.25) is 11.6 Å². The van der Waals surface area contributed by atoms with Crippen LogP contribution in [0.3, 0.4) is 0 Å². The van der Waals surface area contributed by atoms with Crippen molar-refractivity contribution in [1.29, 1.82) is 0 Å². The van der Waals surface area contributed by atoms with Crippen molar-refractivity contribution < 1.29 is 14.3 Å². The summed E-state index contributed by atoms with van der Waals surface area (Å²) in [5, 5.41) is 3.82. The third kappa shape index (κ3) is 3.63. The van der Waals surface area contributed by atoms with Crippen LogP contribution in [0.2, 0.25) is 0 Å². The SMILES string of the molecule is O=C1C(=C2SC=CS2)C(=O)C(CCN2CCCCC2)Oc2ccccc21. The highest BCUT2D eigenvalue weighted by molar-refractivity contribution is 8.27. The van der Waals surface area contributed by atoms with E-state index in [2.05, 4.69) is 4.90 Å². The molecule has 1 atom stereocenters. The van der Waals surface area contributed by atoms with Gasteiger partial charge in [0, 0.05) is 13.0 Å². The van der Waals surface area contributed by atoms with Gasteiger partial charge in [-0.1, -0.05) is 42.1 Å². The summed E-state index contributed by atoms with van der Waals surface area (Å²) in [7, 11) is 0. The molecule has 1 saturated heterocycles. The lowest BCUT2D eigenvalue weighted by Gasteiger charge is -2.27. The molecule has 0 spiro atoms. The van der Waals surface area contributed by atoms with Gasteiger partial charge in [0.25, 0.3) is 0 Å². The maximum Gasteiger partial charge on any atom is 0.208 e. The number of thioether (sulfide) groups is 2. The molecule has 1 aromatic rings. The Bertz CT molecular complexity index is 771. The van der Waals surface area contributed by atoms with Gasteiger partial charge in [-0.3, -0.25) is 9.59 Å². The minimum atomic E-state index is -0.603. The van der Waals surface area contributed by atoms with E-state index in [9.17, 15) is 9.59 Å². The number of piperidine rings is 1. The van der Waals surface area contributed by atoms with Crippen LogP contribution in [0, 0.1) is 0 Å². The molecule has 136 valence electrons. The summed E-state index contributed by atoms with van der Waals surface area (Å²) in [6.45, 7) is 2.99. The lowest BCUT2D eigenvalue weighted by molar-refractivity contribution is -0.121. The fourth-order valence-electron chi connectivity index (χ4n) is 3.56. The fraction of sp³-hybridized carbons (Fsp3) is 0.400. The van der Waals surface area contributed by atoms with E-state index in [0.717, 1.165) is 23.9 Å². The molecule has 4 rings (SSSR count). The summed E-state index contributed by atoms with van der Waals surface area (Å²) in [4.78, 5) is 28.7. The summed E-state index contributed by atoms with van der Waals surface area (Å²) < 4.78 is 6.82. The van der Waals surface area contributed by atoms with E-state index in [0.29, 0.717) is 23.3 Å². The molecule has 1 fully saturated rings. The average molecular weight is 388 g/mol. The molecule has 0 bridgehead atoms. The van der Waals surface area contributed by atoms with Crippen LogP contribution in [-0.4, -0.2) is 42.2 Å². The molecule has 6 heteroatoms. The summed E-state index contributed by atoms with van der Waals surface area (Å²) in [5.74, 6) is 0.123. The number of rotatable bonds is 3. The predicted octanol–water partition coefficient (Wildman–Crippen LogP) is 4.24. The summed E-state index contributed by atoms with van der Waals surface area (Å²) in [5.41, 5.74) is 0.774.